The maximum absolute atomic E-state index is 11.8. The number of nitrogens with zero attached hydrogens (tertiary/aromatic N) is 1. The molecule has 1 unspecified atom stereocenters. The lowest BCUT2D eigenvalue weighted by Gasteiger charge is -2.18. The third kappa shape index (κ3) is 5.78. The van der Waals surface area contributed by atoms with Gasteiger partial charge in [-0.1, -0.05) is 6.92 Å². The Morgan fingerprint density at radius 3 is 2.62 bits per heavy atom. The second-order valence-corrected chi connectivity index (χ2v) is 5.27. The number of amides is 3. The minimum absolute atomic E-state index is 0.0495. The highest BCUT2D eigenvalue weighted by Crippen LogP contribution is 2.18. The predicted molar refractivity (Wildman–Crippen MR) is 76.7 cm³/mol. The lowest BCUT2D eigenvalue weighted by atomic mass is 10.1. The first-order valence-electron chi connectivity index (χ1n) is 6.41. The summed E-state index contributed by atoms with van der Waals surface area (Å²) in [4.78, 5) is 37.7. The van der Waals surface area contributed by atoms with Gasteiger partial charge in [-0.25, -0.2) is 14.6 Å². The van der Waals surface area contributed by atoms with Gasteiger partial charge in [-0.05, 0) is 12.8 Å². The third-order valence-corrected chi connectivity index (χ3v) is 3.64. The fourth-order valence-electron chi connectivity index (χ4n) is 1.65. The maximum Gasteiger partial charge on any atom is 0.326 e. The number of urea groups is 1. The molecule has 0 aliphatic heterocycles. The van der Waals surface area contributed by atoms with Gasteiger partial charge in [-0.2, -0.15) is 0 Å². The number of aromatic nitrogens is 1. The number of carbonyl (C=O) groups is 3. The number of primary amides is 1. The minimum Gasteiger partial charge on any atom is -0.480 e. The number of rotatable bonds is 8. The van der Waals surface area contributed by atoms with Crippen LogP contribution in [0.3, 0.4) is 0 Å². The molecule has 0 fully saturated rings. The van der Waals surface area contributed by atoms with Gasteiger partial charge in [-0.3, -0.25) is 4.79 Å². The molecule has 0 spiro atoms. The van der Waals surface area contributed by atoms with Crippen molar-refractivity contribution in [1.82, 2.24) is 15.6 Å². The van der Waals surface area contributed by atoms with Crippen molar-refractivity contribution in [2.75, 3.05) is 0 Å². The smallest absolute Gasteiger partial charge is 0.326 e. The molecular formula is C12H18N4O4S. The molecule has 0 aromatic carbocycles. The number of thiazole rings is 1. The monoisotopic (exact) mass is 314 g/mol. The number of hydrogen-bond donors (Lipinski definition) is 4. The minimum atomic E-state index is -1.21. The van der Waals surface area contributed by atoms with Crippen LogP contribution in [-0.4, -0.2) is 34.0 Å². The molecule has 21 heavy (non-hydrogen) atoms. The summed E-state index contributed by atoms with van der Waals surface area (Å²) in [5.41, 5.74) is 4.97. The van der Waals surface area contributed by atoms with E-state index in [2.05, 4.69) is 15.6 Å². The molecule has 0 saturated carbocycles. The number of carboxylic acids is 1. The highest BCUT2D eigenvalue weighted by atomic mass is 32.1. The molecule has 5 N–H and O–H groups in total. The predicted octanol–water partition coefficient (Wildman–Crippen LogP) is 0.612. The standard InChI is InChI=1S/C12H18N4O4S/c1-2-7(10-14-5-6-21-10)15-12(20)16-8(11(18)19)3-4-9(13)17/h5-8H,2-4H2,1H3,(H2,13,17)(H,18,19)(H2,15,16,20)/t7?,8-/m1/s1. The first-order valence-corrected chi connectivity index (χ1v) is 7.29. The number of hydrogen-bond acceptors (Lipinski definition) is 5. The Labute approximate surface area is 125 Å². The zero-order valence-corrected chi connectivity index (χ0v) is 12.4. The number of nitrogens with two attached hydrogens (primary N) is 1. The maximum atomic E-state index is 11.8. The van der Waals surface area contributed by atoms with Crippen molar-refractivity contribution in [2.45, 2.75) is 38.3 Å². The van der Waals surface area contributed by atoms with Crippen LogP contribution >= 0.6 is 11.3 Å². The van der Waals surface area contributed by atoms with Crippen LogP contribution < -0.4 is 16.4 Å². The normalized spacial score (nSPS) is 13.2. The molecule has 1 heterocycles. The van der Waals surface area contributed by atoms with Gasteiger partial charge < -0.3 is 21.5 Å². The summed E-state index contributed by atoms with van der Waals surface area (Å²) >= 11 is 1.41. The Balaban J connectivity index is 2.56. The average Bonchev–Trinajstić information content (AvgIpc) is 2.94. The fourth-order valence-corrected chi connectivity index (χ4v) is 2.42. The SMILES string of the molecule is CCC(NC(=O)N[C@H](CCC(N)=O)C(=O)O)c1nccs1. The molecule has 1 aromatic rings. The molecule has 8 nitrogen and oxygen atoms in total. The Kier molecular flexibility index (Phi) is 6.60. The van der Waals surface area contributed by atoms with Gasteiger partial charge in [-0.15, -0.1) is 11.3 Å². The highest BCUT2D eigenvalue weighted by molar-refractivity contribution is 7.09. The van der Waals surface area contributed by atoms with Crippen molar-refractivity contribution in [1.29, 1.82) is 0 Å². The summed E-state index contributed by atoms with van der Waals surface area (Å²) in [6.45, 7) is 1.88. The van der Waals surface area contributed by atoms with Crippen molar-refractivity contribution < 1.29 is 19.5 Å². The largest absolute Gasteiger partial charge is 0.480 e. The zero-order chi connectivity index (χ0) is 15.8. The van der Waals surface area contributed by atoms with Crippen molar-refractivity contribution in [3.8, 4) is 0 Å². The molecule has 1 aromatic heterocycles. The van der Waals surface area contributed by atoms with Gasteiger partial charge in [0, 0.05) is 18.0 Å². The van der Waals surface area contributed by atoms with E-state index in [1.165, 1.54) is 11.3 Å². The summed E-state index contributed by atoms with van der Waals surface area (Å²) in [6, 6.07) is -2.06. The van der Waals surface area contributed by atoms with E-state index < -0.39 is 23.9 Å². The highest BCUT2D eigenvalue weighted by Gasteiger charge is 2.22. The van der Waals surface area contributed by atoms with Crippen LogP contribution in [0.25, 0.3) is 0 Å². The van der Waals surface area contributed by atoms with E-state index in [1.54, 1.807) is 11.6 Å². The van der Waals surface area contributed by atoms with E-state index in [0.717, 1.165) is 5.01 Å². The molecule has 116 valence electrons. The van der Waals surface area contributed by atoms with Crippen molar-refractivity contribution >= 4 is 29.2 Å². The summed E-state index contributed by atoms with van der Waals surface area (Å²) in [7, 11) is 0. The van der Waals surface area contributed by atoms with Crippen molar-refractivity contribution in [3.63, 3.8) is 0 Å². The van der Waals surface area contributed by atoms with Crippen LogP contribution in [0, 0.1) is 0 Å². The second-order valence-electron chi connectivity index (χ2n) is 4.34. The quantitative estimate of drug-likeness (QED) is 0.557. The number of nitrogens with one attached hydrogen (secondary N) is 2. The van der Waals surface area contributed by atoms with Crippen LogP contribution in [0.4, 0.5) is 4.79 Å². The summed E-state index contributed by atoms with van der Waals surface area (Å²) in [5, 5.41) is 16.5. The Morgan fingerprint density at radius 1 is 1.43 bits per heavy atom. The number of carbonyl (C=O) groups excluding carboxylic acids is 2. The summed E-state index contributed by atoms with van der Waals surface area (Å²) in [5.74, 6) is -1.83. The molecule has 0 radical (unpaired) electrons. The van der Waals surface area contributed by atoms with Crippen LogP contribution in [0.1, 0.15) is 37.2 Å². The van der Waals surface area contributed by atoms with E-state index in [4.69, 9.17) is 10.8 Å². The molecule has 0 bridgehead atoms. The molecule has 3 amide bonds. The van der Waals surface area contributed by atoms with Gasteiger partial charge in [0.2, 0.25) is 5.91 Å². The van der Waals surface area contributed by atoms with Gasteiger partial charge in [0.1, 0.15) is 11.0 Å². The molecule has 1 rings (SSSR count). The van der Waals surface area contributed by atoms with Gasteiger partial charge in [0.05, 0.1) is 6.04 Å². The number of aliphatic carboxylic acids is 1. The van der Waals surface area contributed by atoms with Crippen LogP contribution in [0.15, 0.2) is 11.6 Å². The van der Waals surface area contributed by atoms with Crippen molar-refractivity contribution in [3.05, 3.63) is 16.6 Å². The molecular weight excluding hydrogens is 296 g/mol. The van der Waals surface area contributed by atoms with E-state index in [9.17, 15) is 14.4 Å². The third-order valence-electron chi connectivity index (χ3n) is 2.75. The van der Waals surface area contributed by atoms with E-state index >= 15 is 0 Å². The van der Waals surface area contributed by atoms with Gasteiger partial charge in [0.25, 0.3) is 0 Å². The Bertz CT molecular complexity index is 491. The molecule has 0 saturated heterocycles. The first-order chi connectivity index (χ1) is 9.93. The molecule has 0 aliphatic rings. The van der Waals surface area contributed by atoms with Crippen LogP contribution in [0.5, 0.6) is 0 Å². The lowest BCUT2D eigenvalue weighted by Crippen LogP contribution is -2.47. The second kappa shape index (κ2) is 8.20. The van der Waals surface area contributed by atoms with E-state index in [-0.39, 0.29) is 18.9 Å². The van der Waals surface area contributed by atoms with E-state index in [0.29, 0.717) is 6.42 Å². The Hall–Kier alpha value is -2.16. The number of carboxylic acid groups (broad SMARTS) is 1. The van der Waals surface area contributed by atoms with Crippen LogP contribution in [0.2, 0.25) is 0 Å². The van der Waals surface area contributed by atoms with Gasteiger partial charge >= 0.3 is 12.0 Å². The first kappa shape index (κ1) is 16.9. The average molecular weight is 314 g/mol. The Morgan fingerprint density at radius 2 is 2.14 bits per heavy atom. The van der Waals surface area contributed by atoms with E-state index in [1.807, 2.05) is 6.92 Å². The molecule has 9 heteroatoms. The summed E-state index contributed by atoms with van der Waals surface area (Å²) < 4.78 is 0. The molecule has 2 atom stereocenters. The molecule has 0 aliphatic carbocycles. The lowest BCUT2D eigenvalue weighted by molar-refractivity contribution is -0.139. The summed E-state index contributed by atoms with van der Waals surface area (Å²) in [6.07, 6.45) is 2.10. The van der Waals surface area contributed by atoms with Gasteiger partial charge in [0.15, 0.2) is 0 Å². The topological polar surface area (TPSA) is 134 Å². The fraction of sp³-hybridized carbons (Fsp3) is 0.500. The van der Waals surface area contributed by atoms with Crippen LogP contribution in [-0.2, 0) is 9.59 Å². The van der Waals surface area contributed by atoms with Crippen molar-refractivity contribution in [2.24, 2.45) is 5.73 Å². The zero-order valence-electron chi connectivity index (χ0n) is 11.5.